The van der Waals surface area contributed by atoms with E-state index in [0.29, 0.717) is 17.3 Å². The van der Waals surface area contributed by atoms with Gasteiger partial charge in [0.15, 0.2) is 9.84 Å². The van der Waals surface area contributed by atoms with Crippen LogP contribution < -0.4 is 10.9 Å². The van der Waals surface area contributed by atoms with E-state index in [1.54, 1.807) is 24.3 Å². The summed E-state index contributed by atoms with van der Waals surface area (Å²) in [6, 6.07) is 6.53. The lowest BCUT2D eigenvalue weighted by Crippen LogP contribution is -2.39. The number of aromatic nitrogens is 2. The van der Waals surface area contributed by atoms with Crippen molar-refractivity contribution in [1.29, 1.82) is 0 Å². The summed E-state index contributed by atoms with van der Waals surface area (Å²) in [4.78, 5) is 28.4. The quantitative estimate of drug-likeness (QED) is 0.837. The van der Waals surface area contributed by atoms with Crippen molar-refractivity contribution in [3.8, 4) is 0 Å². The summed E-state index contributed by atoms with van der Waals surface area (Å²) in [5.74, 6) is -0.333. The fourth-order valence-corrected chi connectivity index (χ4v) is 4.23. The minimum Gasteiger partial charge on any atom is -0.351 e. The van der Waals surface area contributed by atoms with E-state index in [1.165, 1.54) is 10.9 Å². The number of nitrogens with one attached hydrogen (secondary N) is 1. The van der Waals surface area contributed by atoms with Crippen molar-refractivity contribution in [2.24, 2.45) is 0 Å². The third kappa shape index (κ3) is 3.01. The Hall–Kier alpha value is -2.22. The van der Waals surface area contributed by atoms with Gasteiger partial charge in [-0.3, -0.25) is 14.2 Å². The van der Waals surface area contributed by atoms with E-state index in [0.717, 1.165) is 0 Å². The Morgan fingerprint density at radius 1 is 1.36 bits per heavy atom. The third-order valence-corrected chi connectivity index (χ3v) is 5.41. The fourth-order valence-electron chi connectivity index (χ4n) is 2.56. The van der Waals surface area contributed by atoms with Crippen molar-refractivity contribution in [2.45, 2.75) is 19.0 Å². The molecule has 2 aromatic rings. The number of carbonyl (C=O) groups is 1. The first-order valence-corrected chi connectivity index (χ1v) is 8.71. The Morgan fingerprint density at radius 2 is 2.14 bits per heavy atom. The molecule has 1 fully saturated rings. The van der Waals surface area contributed by atoms with Crippen LogP contribution in [0.1, 0.15) is 6.42 Å². The highest BCUT2D eigenvalue weighted by atomic mass is 32.2. The molecule has 0 unspecified atom stereocenters. The van der Waals surface area contributed by atoms with Crippen LogP contribution in [-0.2, 0) is 21.2 Å². The molecule has 2 heterocycles. The van der Waals surface area contributed by atoms with E-state index in [1.807, 2.05) is 0 Å². The summed E-state index contributed by atoms with van der Waals surface area (Å²) in [5.41, 5.74) is 0.283. The number of amides is 1. The molecule has 7 nitrogen and oxygen atoms in total. The lowest BCUT2D eigenvalue weighted by atomic mass is 10.2. The maximum atomic E-state index is 12.3. The molecule has 1 aromatic carbocycles. The monoisotopic (exact) mass is 321 g/mol. The Kier molecular flexibility index (Phi) is 3.69. The Balaban J connectivity index is 1.75. The molecule has 22 heavy (non-hydrogen) atoms. The fraction of sp³-hybridized carbons (Fsp3) is 0.357. The molecular weight excluding hydrogens is 306 g/mol. The number of rotatable bonds is 3. The highest BCUT2D eigenvalue weighted by Gasteiger charge is 2.28. The van der Waals surface area contributed by atoms with Gasteiger partial charge in [-0.2, -0.15) is 0 Å². The molecule has 1 amide bonds. The number of carbonyl (C=O) groups excluding carboxylic acids is 1. The van der Waals surface area contributed by atoms with Crippen molar-refractivity contribution in [1.82, 2.24) is 14.9 Å². The second-order valence-electron chi connectivity index (χ2n) is 5.36. The molecule has 0 aliphatic carbocycles. The predicted molar refractivity (Wildman–Crippen MR) is 81.2 cm³/mol. The van der Waals surface area contributed by atoms with E-state index in [2.05, 4.69) is 10.3 Å². The molecule has 1 aliphatic heterocycles. The van der Waals surface area contributed by atoms with E-state index in [9.17, 15) is 18.0 Å². The van der Waals surface area contributed by atoms with Crippen LogP contribution in [0.2, 0.25) is 0 Å². The van der Waals surface area contributed by atoms with Gasteiger partial charge < -0.3 is 5.32 Å². The smallest absolute Gasteiger partial charge is 0.261 e. The molecule has 0 bridgehead atoms. The molecule has 0 radical (unpaired) electrons. The summed E-state index contributed by atoms with van der Waals surface area (Å²) in [6.07, 6.45) is 1.74. The average Bonchev–Trinajstić information content (AvgIpc) is 2.81. The standard InChI is InChI=1S/C14H15N3O4S/c18-13(16-10-5-6-22(20,21)8-10)7-17-9-15-12-4-2-1-3-11(12)14(17)19/h1-4,9-10H,5-8H2,(H,16,18)/t10-/m0/s1. The predicted octanol–water partition coefficient (Wildman–Crippen LogP) is -0.300. The van der Waals surface area contributed by atoms with E-state index in [4.69, 9.17) is 0 Å². The Morgan fingerprint density at radius 3 is 2.86 bits per heavy atom. The van der Waals surface area contributed by atoms with Crippen LogP contribution in [0, 0.1) is 0 Å². The van der Waals surface area contributed by atoms with Gasteiger partial charge in [-0.1, -0.05) is 12.1 Å². The molecule has 1 saturated heterocycles. The zero-order valence-electron chi connectivity index (χ0n) is 11.7. The van der Waals surface area contributed by atoms with Gasteiger partial charge in [-0.15, -0.1) is 0 Å². The SMILES string of the molecule is O=C(Cn1cnc2ccccc2c1=O)N[C@H]1CCS(=O)(=O)C1. The molecule has 116 valence electrons. The van der Waals surface area contributed by atoms with E-state index >= 15 is 0 Å². The van der Waals surface area contributed by atoms with Gasteiger partial charge >= 0.3 is 0 Å². The van der Waals surface area contributed by atoms with Gasteiger partial charge in [-0.25, -0.2) is 13.4 Å². The normalized spacial score (nSPS) is 20.1. The average molecular weight is 321 g/mol. The zero-order chi connectivity index (χ0) is 15.7. The Bertz CT molecular complexity index is 888. The zero-order valence-corrected chi connectivity index (χ0v) is 12.5. The molecule has 0 spiro atoms. The van der Waals surface area contributed by atoms with Gasteiger partial charge in [-0.05, 0) is 18.6 Å². The molecule has 1 aliphatic rings. The van der Waals surface area contributed by atoms with Crippen molar-refractivity contribution >= 4 is 26.6 Å². The number of nitrogens with zero attached hydrogens (tertiary/aromatic N) is 2. The number of hydrogen-bond donors (Lipinski definition) is 1. The van der Waals surface area contributed by atoms with Gasteiger partial charge in [0.25, 0.3) is 5.56 Å². The summed E-state index contributed by atoms with van der Waals surface area (Å²) in [5, 5.41) is 3.10. The summed E-state index contributed by atoms with van der Waals surface area (Å²) in [7, 11) is -3.05. The minimum absolute atomic E-state index is 0.0381. The third-order valence-electron chi connectivity index (χ3n) is 3.64. The summed E-state index contributed by atoms with van der Waals surface area (Å²) in [6.45, 7) is -0.173. The van der Waals surface area contributed by atoms with Crippen molar-refractivity contribution in [3.05, 3.63) is 40.9 Å². The van der Waals surface area contributed by atoms with Gasteiger partial charge in [0.2, 0.25) is 5.91 Å². The maximum absolute atomic E-state index is 12.3. The second kappa shape index (κ2) is 5.53. The van der Waals surface area contributed by atoms with Gasteiger partial charge in [0.05, 0.1) is 28.7 Å². The Labute approximate surface area is 126 Å². The molecule has 3 rings (SSSR count). The molecule has 1 N–H and O–H groups in total. The highest BCUT2D eigenvalue weighted by molar-refractivity contribution is 7.91. The first-order chi connectivity index (χ1) is 10.4. The van der Waals surface area contributed by atoms with Crippen LogP contribution in [0.15, 0.2) is 35.4 Å². The summed E-state index contributed by atoms with van der Waals surface area (Å²) < 4.78 is 24.0. The van der Waals surface area contributed by atoms with Gasteiger partial charge in [0.1, 0.15) is 6.54 Å². The molecule has 8 heteroatoms. The van der Waals surface area contributed by atoms with E-state index < -0.39 is 9.84 Å². The largest absolute Gasteiger partial charge is 0.351 e. The molecule has 1 aromatic heterocycles. The first kappa shape index (κ1) is 14.7. The topological polar surface area (TPSA) is 98.1 Å². The second-order valence-corrected chi connectivity index (χ2v) is 7.59. The van der Waals surface area contributed by atoms with Crippen LogP contribution in [0.3, 0.4) is 0 Å². The lowest BCUT2D eigenvalue weighted by Gasteiger charge is -2.12. The number of sulfone groups is 1. The maximum Gasteiger partial charge on any atom is 0.261 e. The first-order valence-electron chi connectivity index (χ1n) is 6.88. The lowest BCUT2D eigenvalue weighted by molar-refractivity contribution is -0.122. The molecule has 0 saturated carbocycles. The molecular formula is C14H15N3O4S. The number of para-hydroxylation sites is 1. The van der Waals surface area contributed by atoms with Crippen molar-refractivity contribution < 1.29 is 13.2 Å². The summed E-state index contributed by atoms with van der Waals surface area (Å²) >= 11 is 0. The van der Waals surface area contributed by atoms with Crippen LogP contribution in [0.4, 0.5) is 0 Å². The van der Waals surface area contributed by atoms with E-state index in [-0.39, 0.29) is 35.6 Å². The minimum atomic E-state index is -3.05. The van der Waals surface area contributed by atoms with Crippen molar-refractivity contribution in [3.63, 3.8) is 0 Å². The van der Waals surface area contributed by atoms with Crippen LogP contribution >= 0.6 is 0 Å². The van der Waals surface area contributed by atoms with Gasteiger partial charge in [0, 0.05) is 6.04 Å². The number of benzene rings is 1. The van der Waals surface area contributed by atoms with Crippen LogP contribution in [0.5, 0.6) is 0 Å². The highest BCUT2D eigenvalue weighted by Crippen LogP contribution is 2.11. The molecule has 1 atom stereocenters. The number of fused-ring (bicyclic) bond motifs is 1. The number of hydrogen-bond acceptors (Lipinski definition) is 5. The van der Waals surface area contributed by atoms with Crippen LogP contribution in [-0.4, -0.2) is 41.4 Å². The van der Waals surface area contributed by atoms with Crippen molar-refractivity contribution in [2.75, 3.05) is 11.5 Å². The van der Waals surface area contributed by atoms with Crippen LogP contribution in [0.25, 0.3) is 10.9 Å².